The number of pyridine rings is 1. The lowest BCUT2D eigenvalue weighted by Crippen LogP contribution is -2.27. The summed E-state index contributed by atoms with van der Waals surface area (Å²) in [6.45, 7) is 3.17. The SMILES string of the molecule is Cn1cccc(C(=O)Nc2cccc(CN3CCCC3)c2)c1=O. The molecule has 5 heteroatoms. The first-order valence-electron chi connectivity index (χ1n) is 7.92. The van der Waals surface area contributed by atoms with Crippen LogP contribution >= 0.6 is 0 Å². The number of aromatic nitrogens is 1. The molecule has 0 radical (unpaired) electrons. The first-order valence-corrected chi connectivity index (χ1v) is 7.92. The van der Waals surface area contributed by atoms with Crippen LogP contribution in [0.1, 0.15) is 28.8 Å². The zero-order chi connectivity index (χ0) is 16.2. The molecule has 5 nitrogen and oxygen atoms in total. The molecule has 3 rings (SSSR count). The number of carbonyl (C=O) groups is 1. The Morgan fingerprint density at radius 2 is 1.96 bits per heavy atom. The number of hydrogen-bond acceptors (Lipinski definition) is 3. The van der Waals surface area contributed by atoms with Gasteiger partial charge < -0.3 is 9.88 Å². The second-order valence-corrected chi connectivity index (χ2v) is 5.98. The highest BCUT2D eigenvalue weighted by molar-refractivity contribution is 6.04. The Labute approximate surface area is 135 Å². The summed E-state index contributed by atoms with van der Waals surface area (Å²) >= 11 is 0. The quantitative estimate of drug-likeness (QED) is 0.942. The second-order valence-electron chi connectivity index (χ2n) is 5.98. The van der Waals surface area contributed by atoms with Gasteiger partial charge in [-0.25, -0.2) is 0 Å². The molecule has 2 aromatic rings. The van der Waals surface area contributed by atoms with Crippen molar-refractivity contribution in [3.63, 3.8) is 0 Å². The number of nitrogens with zero attached hydrogens (tertiary/aromatic N) is 2. The predicted octanol–water partition coefficient (Wildman–Crippen LogP) is 2.23. The molecular formula is C18H21N3O2. The third kappa shape index (κ3) is 3.68. The van der Waals surface area contributed by atoms with Crippen LogP contribution < -0.4 is 10.9 Å². The molecule has 0 atom stereocenters. The van der Waals surface area contributed by atoms with Crippen molar-refractivity contribution >= 4 is 11.6 Å². The van der Waals surface area contributed by atoms with Crippen LogP contribution in [-0.4, -0.2) is 28.5 Å². The molecule has 1 N–H and O–H groups in total. The number of aryl methyl sites for hydroxylation is 1. The molecule has 1 fully saturated rings. The molecule has 23 heavy (non-hydrogen) atoms. The highest BCUT2D eigenvalue weighted by Crippen LogP contribution is 2.16. The lowest BCUT2D eigenvalue weighted by atomic mass is 10.1. The van der Waals surface area contributed by atoms with E-state index in [4.69, 9.17) is 0 Å². The van der Waals surface area contributed by atoms with Crippen molar-refractivity contribution in [2.75, 3.05) is 18.4 Å². The summed E-state index contributed by atoms with van der Waals surface area (Å²) in [4.78, 5) is 26.7. The van der Waals surface area contributed by atoms with Gasteiger partial charge in [0.1, 0.15) is 5.56 Å². The van der Waals surface area contributed by atoms with Gasteiger partial charge in [0.25, 0.3) is 11.5 Å². The Kier molecular flexibility index (Phi) is 4.57. The molecule has 1 aliphatic rings. The van der Waals surface area contributed by atoms with Crippen molar-refractivity contribution in [3.05, 3.63) is 64.1 Å². The summed E-state index contributed by atoms with van der Waals surface area (Å²) in [6, 6.07) is 11.1. The average molecular weight is 311 g/mol. The van der Waals surface area contributed by atoms with E-state index in [0.29, 0.717) is 0 Å². The standard InChI is InChI=1S/C18H21N3O2/c1-20-9-5-8-16(18(20)23)17(22)19-15-7-4-6-14(12-15)13-21-10-2-3-11-21/h4-9,12H,2-3,10-11,13H2,1H3,(H,19,22). The van der Waals surface area contributed by atoms with Crippen LogP contribution in [0.5, 0.6) is 0 Å². The fourth-order valence-corrected chi connectivity index (χ4v) is 2.91. The van der Waals surface area contributed by atoms with E-state index in [1.807, 2.05) is 18.2 Å². The van der Waals surface area contributed by atoms with Gasteiger partial charge in [-0.05, 0) is 55.8 Å². The zero-order valence-corrected chi connectivity index (χ0v) is 13.3. The molecule has 0 aliphatic carbocycles. The number of hydrogen-bond donors (Lipinski definition) is 1. The number of nitrogens with one attached hydrogen (secondary N) is 1. The summed E-state index contributed by atoms with van der Waals surface area (Å²) in [6.07, 6.45) is 4.15. The van der Waals surface area contributed by atoms with Crippen LogP contribution in [0.15, 0.2) is 47.4 Å². The first-order chi connectivity index (χ1) is 11.1. The molecular weight excluding hydrogens is 290 g/mol. The monoisotopic (exact) mass is 311 g/mol. The maximum absolute atomic E-state index is 12.3. The number of carbonyl (C=O) groups excluding carboxylic acids is 1. The summed E-state index contributed by atoms with van der Waals surface area (Å²) in [5.74, 6) is -0.371. The smallest absolute Gasteiger partial charge is 0.263 e. The summed E-state index contributed by atoms with van der Waals surface area (Å²) in [5.41, 5.74) is 1.75. The Morgan fingerprint density at radius 1 is 1.17 bits per heavy atom. The van der Waals surface area contributed by atoms with Crippen molar-refractivity contribution in [3.8, 4) is 0 Å². The number of benzene rings is 1. The van der Waals surface area contributed by atoms with Crippen LogP contribution in [0, 0.1) is 0 Å². The van der Waals surface area contributed by atoms with Gasteiger partial charge >= 0.3 is 0 Å². The van der Waals surface area contributed by atoms with E-state index < -0.39 is 0 Å². The van der Waals surface area contributed by atoms with E-state index in [-0.39, 0.29) is 17.0 Å². The van der Waals surface area contributed by atoms with Crippen LogP contribution in [0.2, 0.25) is 0 Å². The maximum atomic E-state index is 12.3. The summed E-state index contributed by atoms with van der Waals surface area (Å²) in [7, 11) is 1.63. The van der Waals surface area contributed by atoms with E-state index in [9.17, 15) is 9.59 Å². The van der Waals surface area contributed by atoms with Gasteiger partial charge in [0.15, 0.2) is 0 Å². The Morgan fingerprint density at radius 3 is 2.74 bits per heavy atom. The van der Waals surface area contributed by atoms with Crippen LogP contribution in [0.4, 0.5) is 5.69 Å². The Balaban J connectivity index is 1.73. The van der Waals surface area contributed by atoms with Crippen LogP contribution in [0.3, 0.4) is 0 Å². The summed E-state index contributed by atoms with van der Waals surface area (Å²) in [5, 5.41) is 2.82. The average Bonchev–Trinajstić information content (AvgIpc) is 3.03. The molecule has 2 heterocycles. The number of rotatable bonds is 4. The minimum Gasteiger partial charge on any atom is -0.322 e. The van der Waals surface area contributed by atoms with Gasteiger partial charge in [-0.3, -0.25) is 14.5 Å². The highest BCUT2D eigenvalue weighted by atomic mass is 16.2. The van der Waals surface area contributed by atoms with Crippen molar-refractivity contribution in [1.29, 1.82) is 0 Å². The largest absolute Gasteiger partial charge is 0.322 e. The van der Waals surface area contributed by atoms with Gasteiger partial charge in [0.2, 0.25) is 0 Å². The third-order valence-electron chi connectivity index (χ3n) is 4.16. The van der Waals surface area contributed by atoms with Gasteiger partial charge in [-0.1, -0.05) is 12.1 Å². The molecule has 0 spiro atoms. The van der Waals surface area contributed by atoms with E-state index in [1.54, 1.807) is 25.4 Å². The van der Waals surface area contributed by atoms with Gasteiger partial charge in [0.05, 0.1) is 0 Å². The van der Waals surface area contributed by atoms with Crippen molar-refractivity contribution < 1.29 is 4.79 Å². The van der Waals surface area contributed by atoms with Crippen molar-refractivity contribution in [2.45, 2.75) is 19.4 Å². The molecule has 0 unspecified atom stereocenters. The fraction of sp³-hybridized carbons (Fsp3) is 0.333. The van der Waals surface area contributed by atoms with E-state index in [2.05, 4.69) is 16.3 Å². The molecule has 1 aromatic heterocycles. The number of amides is 1. The normalized spacial score (nSPS) is 14.8. The Hall–Kier alpha value is -2.40. The molecule has 1 amide bonds. The predicted molar refractivity (Wildman–Crippen MR) is 90.6 cm³/mol. The molecule has 1 aliphatic heterocycles. The van der Waals surface area contributed by atoms with Crippen LogP contribution in [-0.2, 0) is 13.6 Å². The highest BCUT2D eigenvalue weighted by Gasteiger charge is 2.13. The number of likely N-dealkylation sites (tertiary alicyclic amines) is 1. The van der Waals surface area contributed by atoms with E-state index in [0.717, 1.165) is 25.3 Å². The Bertz CT molecular complexity index is 761. The fourth-order valence-electron chi connectivity index (χ4n) is 2.91. The zero-order valence-electron chi connectivity index (χ0n) is 13.3. The summed E-state index contributed by atoms with van der Waals surface area (Å²) < 4.78 is 1.40. The van der Waals surface area contributed by atoms with Crippen molar-refractivity contribution in [1.82, 2.24) is 9.47 Å². The lowest BCUT2D eigenvalue weighted by molar-refractivity contribution is 0.102. The van der Waals surface area contributed by atoms with Crippen molar-refractivity contribution in [2.24, 2.45) is 7.05 Å². The molecule has 1 saturated heterocycles. The maximum Gasteiger partial charge on any atom is 0.263 e. The molecule has 1 aromatic carbocycles. The molecule has 0 bridgehead atoms. The minimum atomic E-state index is -0.371. The van der Waals surface area contributed by atoms with Crippen LogP contribution in [0.25, 0.3) is 0 Å². The lowest BCUT2D eigenvalue weighted by Gasteiger charge is -2.15. The minimum absolute atomic E-state index is 0.153. The topological polar surface area (TPSA) is 54.3 Å². The van der Waals surface area contributed by atoms with Gasteiger partial charge in [-0.2, -0.15) is 0 Å². The molecule has 120 valence electrons. The third-order valence-corrected chi connectivity index (χ3v) is 4.16. The first kappa shape index (κ1) is 15.5. The van der Waals surface area contributed by atoms with Gasteiger partial charge in [0, 0.05) is 25.5 Å². The second kappa shape index (κ2) is 6.79. The van der Waals surface area contributed by atoms with Gasteiger partial charge in [-0.15, -0.1) is 0 Å². The van der Waals surface area contributed by atoms with E-state index >= 15 is 0 Å². The number of anilines is 1. The van der Waals surface area contributed by atoms with E-state index in [1.165, 1.54) is 23.0 Å². The molecule has 0 saturated carbocycles.